The molecule has 0 aliphatic heterocycles. The molecule has 23 heavy (non-hydrogen) atoms. The van der Waals surface area contributed by atoms with Gasteiger partial charge in [0.15, 0.2) is 0 Å². The molecule has 0 radical (unpaired) electrons. The summed E-state index contributed by atoms with van der Waals surface area (Å²) in [7, 11) is 0. The van der Waals surface area contributed by atoms with Gasteiger partial charge in [-0.25, -0.2) is 0 Å². The van der Waals surface area contributed by atoms with Crippen LogP contribution in [0.25, 0.3) is 0 Å². The fourth-order valence-electron chi connectivity index (χ4n) is 6.47. The lowest BCUT2D eigenvalue weighted by atomic mass is 9.49. The smallest absolute Gasteiger partial charge is 0.230 e. The lowest BCUT2D eigenvalue weighted by molar-refractivity contribution is -0.125. The predicted molar refractivity (Wildman–Crippen MR) is 91.0 cm³/mol. The molecule has 5 aliphatic rings. The van der Waals surface area contributed by atoms with Gasteiger partial charge in [-0.05, 0) is 80.1 Å². The molecule has 0 saturated heterocycles. The first-order valence-electron chi connectivity index (χ1n) is 9.51. The molecule has 1 aromatic carbocycles. The summed E-state index contributed by atoms with van der Waals surface area (Å²) in [6.45, 7) is 0.934. The third-order valence-corrected chi connectivity index (χ3v) is 7.30. The van der Waals surface area contributed by atoms with Crippen LogP contribution in [0.5, 0.6) is 0 Å². The summed E-state index contributed by atoms with van der Waals surface area (Å²) in [6, 6.07) is 10.4. The molecule has 5 aliphatic carbocycles. The number of carbonyl (C=O) groups excluding carboxylic acids is 1. The third-order valence-electron chi connectivity index (χ3n) is 7.30. The highest BCUT2D eigenvalue weighted by atomic mass is 16.2. The Balaban J connectivity index is 1.29. The predicted octanol–water partition coefficient (Wildman–Crippen LogP) is 4.05. The van der Waals surface area contributed by atoms with Crippen LogP contribution in [0.1, 0.15) is 56.9 Å². The number of amides is 1. The second-order valence-corrected chi connectivity index (χ2v) is 9.05. The molecule has 0 aromatic heterocycles. The largest absolute Gasteiger partial charge is 0.355 e. The molecule has 6 rings (SSSR count). The Labute approximate surface area is 139 Å². The molecule has 5 saturated carbocycles. The minimum absolute atomic E-state index is 0.205. The molecule has 1 N–H and O–H groups in total. The van der Waals surface area contributed by atoms with E-state index in [0.29, 0.717) is 11.3 Å². The highest BCUT2D eigenvalue weighted by molar-refractivity contribution is 5.91. The zero-order valence-electron chi connectivity index (χ0n) is 13.9. The van der Waals surface area contributed by atoms with Crippen molar-refractivity contribution in [2.45, 2.75) is 56.8 Å². The van der Waals surface area contributed by atoms with Gasteiger partial charge in [0.25, 0.3) is 0 Å². The van der Waals surface area contributed by atoms with Gasteiger partial charge in [-0.1, -0.05) is 30.3 Å². The average molecular weight is 309 g/mol. The molecule has 2 heteroatoms. The SMILES string of the molecule is O=C(NCC12CC3CC(CC(C3)C1)C2)C1(c2ccccc2)CC1. The van der Waals surface area contributed by atoms with Crippen LogP contribution in [-0.4, -0.2) is 12.5 Å². The number of rotatable bonds is 4. The standard InChI is InChI=1S/C21H27NO/c23-19(21(6-7-21)18-4-2-1-3-5-18)22-14-20-11-15-8-16(12-20)10-17(9-15)13-20/h1-5,15-17H,6-14H2,(H,22,23). The van der Waals surface area contributed by atoms with Crippen molar-refractivity contribution >= 4 is 5.91 Å². The number of hydrogen-bond acceptors (Lipinski definition) is 1. The van der Waals surface area contributed by atoms with Crippen molar-refractivity contribution in [3.63, 3.8) is 0 Å². The van der Waals surface area contributed by atoms with Crippen molar-refractivity contribution in [3.8, 4) is 0 Å². The molecular weight excluding hydrogens is 282 g/mol. The molecule has 4 bridgehead atoms. The maximum atomic E-state index is 12.9. The summed E-state index contributed by atoms with van der Waals surface area (Å²) < 4.78 is 0. The van der Waals surface area contributed by atoms with E-state index in [1.54, 1.807) is 0 Å². The summed E-state index contributed by atoms with van der Waals surface area (Å²) in [6.07, 6.45) is 10.6. The first-order valence-corrected chi connectivity index (χ1v) is 9.51. The molecule has 122 valence electrons. The zero-order chi connectivity index (χ0) is 15.5. The molecule has 0 spiro atoms. The number of carbonyl (C=O) groups is 1. The quantitative estimate of drug-likeness (QED) is 0.893. The van der Waals surface area contributed by atoms with Gasteiger partial charge in [0, 0.05) is 6.54 Å². The van der Waals surface area contributed by atoms with Crippen molar-refractivity contribution in [1.82, 2.24) is 5.32 Å². The van der Waals surface area contributed by atoms with Crippen LogP contribution in [0.4, 0.5) is 0 Å². The van der Waals surface area contributed by atoms with Crippen LogP contribution >= 0.6 is 0 Å². The van der Waals surface area contributed by atoms with Gasteiger partial charge in [0.2, 0.25) is 5.91 Å². The monoisotopic (exact) mass is 309 g/mol. The van der Waals surface area contributed by atoms with Gasteiger partial charge in [-0.15, -0.1) is 0 Å². The van der Waals surface area contributed by atoms with E-state index in [2.05, 4.69) is 29.6 Å². The van der Waals surface area contributed by atoms with Crippen LogP contribution in [-0.2, 0) is 10.2 Å². The van der Waals surface area contributed by atoms with Crippen molar-refractivity contribution in [2.24, 2.45) is 23.2 Å². The van der Waals surface area contributed by atoms with E-state index in [-0.39, 0.29) is 5.41 Å². The Kier molecular flexibility index (Phi) is 2.96. The molecular formula is C21H27NO. The zero-order valence-corrected chi connectivity index (χ0v) is 13.9. The Morgan fingerprint density at radius 1 is 0.957 bits per heavy atom. The highest BCUT2D eigenvalue weighted by Crippen LogP contribution is 2.60. The van der Waals surface area contributed by atoms with Gasteiger partial charge >= 0.3 is 0 Å². The van der Waals surface area contributed by atoms with Gasteiger partial charge in [0.1, 0.15) is 0 Å². The van der Waals surface area contributed by atoms with E-state index in [1.807, 2.05) is 6.07 Å². The summed E-state index contributed by atoms with van der Waals surface area (Å²) in [5.41, 5.74) is 1.45. The number of hydrogen-bond donors (Lipinski definition) is 1. The number of benzene rings is 1. The molecule has 1 aromatic rings. The van der Waals surface area contributed by atoms with E-state index < -0.39 is 0 Å². The minimum atomic E-state index is -0.205. The Hall–Kier alpha value is -1.31. The van der Waals surface area contributed by atoms with Gasteiger partial charge in [0.05, 0.1) is 5.41 Å². The minimum Gasteiger partial charge on any atom is -0.355 e. The third kappa shape index (κ3) is 2.25. The normalized spacial score (nSPS) is 39.2. The van der Waals surface area contributed by atoms with Crippen LogP contribution in [0.2, 0.25) is 0 Å². The molecule has 0 heterocycles. The highest BCUT2D eigenvalue weighted by Gasteiger charge is 2.54. The van der Waals surface area contributed by atoms with E-state index in [0.717, 1.165) is 37.1 Å². The fraction of sp³-hybridized carbons (Fsp3) is 0.667. The molecule has 0 unspecified atom stereocenters. The molecule has 5 fully saturated rings. The molecule has 2 nitrogen and oxygen atoms in total. The van der Waals surface area contributed by atoms with E-state index in [1.165, 1.54) is 44.1 Å². The van der Waals surface area contributed by atoms with E-state index in [9.17, 15) is 4.79 Å². The maximum absolute atomic E-state index is 12.9. The average Bonchev–Trinajstić information content (AvgIpc) is 3.34. The first-order chi connectivity index (χ1) is 11.2. The lowest BCUT2D eigenvalue weighted by Crippen LogP contribution is -2.52. The van der Waals surface area contributed by atoms with Gasteiger partial charge < -0.3 is 5.32 Å². The number of nitrogens with one attached hydrogen (secondary N) is 1. The Bertz CT molecular complexity index is 581. The Morgan fingerprint density at radius 3 is 2.04 bits per heavy atom. The molecule has 1 amide bonds. The van der Waals surface area contributed by atoms with Crippen LogP contribution in [0.15, 0.2) is 30.3 Å². The Morgan fingerprint density at radius 2 is 1.52 bits per heavy atom. The lowest BCUT2D eigenvalue weighted by Gasteiger charge is -2.57. The topological polar surface area (TPSA) is 29.1 Å². The van der Waals surface area contributed by atoms with Crippen molar-refractivity contribution in [3.05, 3.63) is 35.9 Å². The maximum Gasteiger partial charge on any atom is 0.230 e. The summed E-state index contributed by atoms with van der Waals surface area (Å²) in [5.74, 6) is 3.17. The van der Waals surface area contributed by atoms with E-state index in [4.69, 9.17) is 0 Å². The van der Waals surface area contributed by atoms with Crippen molar-refractivity contribution in [1.29, 1.82) is 0 Å². The summed E-state index contributed by atoms with van der Waals surface area (Å²) in [4.78, 5) is 12.9. The van der Waals surface area contributed by atoms with Gasteiger partial charge in [-0.2, -0.15) is 0 Å². The summed E-state index contributed by atoms with van der Waals surface area (Å²) in [5, 5.41) is 3.40. The van der Waals surface area contributed by atoms with Crippen LogP contribution in [0.3, 0.4) is 0 Å². The van der Waals surface area contributed by atoms with Crippen LogP contribution < -0.4 is 5.32 Å². The van der Waals surface area contributed by atoms with E-state index >= 15 is 0 Å². The van der Waals surface area contributed by atoms with Crippen molar-refractivity contribution < 1.29 is 4.79 Å². The van der Waals surface area contributed by atoms with Gasteiger partial charge in [-0.3, -0.25) is 4.79 Å². The van der Waals surface area contributed by atoms with Crippen molar-refractivity contribution in [2.75, 3.05) is 6.54 Å². The molecule has 0 atom stereocenters. The second kappa shape index (κ2) is 4.84. The van der Waals surface area contributed by atoms with Crippen LogP contribution in [0, 0.1) is 23.2 Å². The first kappa shape index (κ1) is 14.1. The summed E-state index contributed by atoms with van der Waals surface area (Å²) >= 11 is 0. The fourth-order valence-corrected chi connectivity index (χ4v) is 6.47. The second-order valence-electron chi connectivity index (χ2n) is 9.05.